The fraction of sp³-hybridized carbons (Fsp3) is 0.500. The van der Waals surface area contributed by atoms with Crippen molar-refractivity contribution in [3.63, 3.8) is 0 Å². The highest BCUT2D eigenvalue weighted by molar-refractivity contribution is 8.00. The number of ether oxygens (including phenoxy) is 1. The zero-order valence-corrected chi connectivity index (χ0v) is 16.6. The fourth-order valence-corrected chi connectivity index (χ4v) is 3.98. The summed E-state index contributed by atoms with van der Waals surface area (Å²) in [4.78, 5) is 37.5. The van der Waals surface area contributed by atoms with Gasteiger partial charge >= 0.3 is 5.97 Å². The molecule has 160 valence electrons. The first kappa shape index (κ1) is 23.0. The number of hydrogen-bond acceptors (Lipinski definition) is 6. The number of rotatable bonds is 8. The molecule has 7 nitrogen and oxygen atoms in total. The first-order valence-corrected chi connectivity index (χ1v) is 10.0. The molecule has 11 heteroatoms. The lowest BCUT2D eigenvalue weighted by molar-refractivity contribution is -0.144. The molecular weight excluding hydrogens is 411 g/mol. The normalized spacial score (nSPS) is 17.1. The van der Waals surface area contributed by atoms with Gasteiger partial charge in [-0.3, -0.25) is 14.4 Å². The van der Waals surface area contributed by atoms with Crippen molar-refractivity contribution in [2.24, 2.45) is 5.73 Å². The Morgan fingerprint density at radius 2 is 1.97 bits per heavy atom. The third-order valence-electron chi connectivity index (χ3n) is 4.16. The molecule has 0 saturated carbocycles. The van der Waals surface area contributed by atoms with Gasteiger partial charge in [0.2, 0.25) is 5.91 Å². The van der Waals surface area contributed by atoms with Gasteiger partial charge in [0.05, 0.1) is 6.61 Å². The Hall–Kier alpha value is -2.27. The van der Waals surface area contributed by atoms with Crippen molar-refractivity contribution >= 4 is 29.5 Å². The lowest BCUT2D eigenvalue weighted by Gasteiger charge is -2.24. The minimum absolute atomic E-state index is 0.135. The molecule has 2 atom stereocenters. The number of amides is 2. The van der Waals surface area contributed by atoms with Crippen LogP contribution in [-0.4, -0.2) is 59.5 Å². The molecule has 0 aromatic heterocycles. The van der Waals surface area contributed by atoms with Crippen molar-refractivity contribution in [2.45, 2.75) is 31.2 Å². The fourth-order valence-electron chi connectivity index (χ4n) is 2.82. The van der Waals surface area contributed by atoms with Crippen LogP contribution >= 0.6 is 11.8 Å². The minimum atomic E-state index is -1.30. The Balaban J connectivity index is 1.92. The lowest BCUT2D eigenvalue weighted by Crippen LogP contribution is -2.47. The highest BCUT2D eigenvalue weighted by atomic mass is 32.2. The number of nitrogens with two attached hydrogens (primary N) is 1. The average Bonchev–Trinajstić information content (AvgIpc) is 3.14. The van der Waals surface area contributed by atoms with E-state index >= 15 is 0 Å². The van der Waals surface area contributed by atoms with E-state index in [0.717, 1.165) is 0 Å². The molecule has 1 fully saturated rings. The van der Waals surface area contributed by atoms with E-state index in [-0.39, 0.29) is 31.6 Å². The van der Waals surface area contributed by atoms with Crippen LogP contribution in [0.5, 0.6) is 0 Å². The number of halogens is 3. The third kappa shape index (κ3) is 6.36. The predicted octanol–water partition coefficient (Wildman–Crippen LogP) is 0.945. The maximum absolute atomic E-state index is 13.8. The van der Waals surface area contributed by atoms with Gasteiger partial charge in [0, 0.05) is 30.8 Å². The summed E-state index contributed by atoms with van der Waals surface area (Å²) < 4.78 is 44.8. The van der Waals surface area contributed by atoms with Crippen molar-refractivity contribution in [2.75, 3.05) is 25.4 Å². The molecule has 1 heterocycles. The SMILES string of the molecule is CCOC(=O)CNC(=O)C1SCCN1C(=O)C[C@H](N)Cc1cc(F)c(F)cc1F. The molecule has 0 radical (unpaired) electrons. The van der Waals surface area contributed by atoms with Gasteiger partial charge in [-0.05, 0) is 25.0 Å². The number of esters is 1. The van der Waals surface area contributed by atoms with Crippen LogP contribution in [0.25, 0.3) is 0 Å². The summed E-state index contributed by atoms with van der Waals surface area (Å²) in [7, 11) is 0. The average molecular weight is 433 g/mol. The van der Waals surface area contributed by atoms with E-state index in [4.69, 9.17) is 10.5 Å². The van der Waals surface area contributed by atoms with Gasteiger partial charge in [0.1, 0.15) is 12.4 Å². The van der Waals surface area contributed by atoms with Crippen LogP contribution in [0.1, 0.15) is 18.9 Å². The zero-order chi connectivity index (χ0) is 21.6. The van der Waals surface area contributed by atoms with Crippen molar-refractivity contribution in [1.29, 1.82) is 0 Å². The molecule has 2 amide bonds. The maximum Gasteiger partial charge on any atom is 0.325 e. The predicted molar refractivity (Wildman–Crippen MR) is 100 cm³/mol. The molecule has 1 saturated heterocycles. The Kier molecular flexibility index (Phi) is 8.32. The van der Waals surface area contributed by atoms with E-state index in [1.54, 1.807) is 6.92 Å². The number of nitrogens with zero attached hydrogens (tertiary/aromatic N) is 1. The van der Waals surface area contributed by atoms with Gasteiger partial charge in [0.25, 0.3) is 5.91 Å². The number of benzene rings is 1. The molecule has 3 N–H and O–H groups in total. The maximum atomic E-state index is 13.8. The zero-order valence-electron chi connectivity index (χ0n) is 15.8. The summed E-state index contributed by atoms with van der Waals surface area (Å²) in [6, 6.07) is 0.294. The van der Waals surface area contributed by atoms with Crippen molar-refractivity contribution < 1.29 is 32.3 Å². The quantitative estimate of drug-likeness (QED) is 0.468. The minimum Gasteiger partial charge on any atom is -0.465 e. The summed E-state index contributed by atoms with van der Waals surface area (Å²) in [6.45, 7) is 1.84. The van der Waals surface area contributed by atoms with Crippen LogP contribution in [0.4, 0.5) is 13.2 Å². The van der Waals surface area contributed by atoms with Crippen LogP contribution in [0.15, 0.2) is 12.1 Å². The van der Waals surface area contributed by atoms with Gasteiger partial charge in [-0.25, -0.2) is 13.2 Å². The molecule has 1 aliphatic heterocycles. The molecule has 29 heavy (non-hydrogen) atoms. The second kappa shape index (κ2) is 10.5. The number of carbonyl (C=O) groups is 3. The molecule has 0 spiro atoms. The molecule has 0 aliphatic carbocycles. The Bertz CT molecular complexity index is 781. The third-order valence-corrected chi connectivity index (χ3v) is 5.36. The standard InChI is InChI=1S/C18H22F3N3O4S/c1-2-28-16(26)9-23-17(27)18-24(3-4-29-18)15(25)7-11(22)5-10-6-13(20)14(21)8-12(10)19/h6,8,11,18H,2-5,7,9,22H2,1H3,(H,23,27)/t11-,18?/m1/s1. The Morgan fingerprint density at radius 1 is 1.28 bits per heavy atom. The number of carbonyl (C=O) groups excluding carboxylic acids is 3. The first-order chi connectivity index (χ1) is 13.7. The highest BCUT2D eigenvalue weighted by Crippen LogP contribution is 2.25. The highest BCUT2D eigenvalue weighted by Gasteiger charge is 2.35. The van der Waals surface area contributed by atoms with Crippen LogP contribution in [0, 0.1) is 17.5 Å². The molecule has 2 rings (SSSR count). The van der Waals surface area contributed by atoms with E-state index in [0.29, 0.717) is 24.4 Å². The van der Waals surface area contributed by atoms with E-state index in [2.05, 4.69) is 5.32 Å². The smallest absolute Gasteiger partial charge is 0.325 e. The largest absolute Gasteiger partial charge is 0.465 e. The molecule has 1 aromatic rings. The van der Waals surface area contributed by atoms with Crippen LogP contribution in [0.3, 0.4) is 0 Å². The summed E-state index contributed by atoms with van der Waals surface area (Å²) in [5.74, 6) is -4.44. The van der Waals surface area contributed by atoms with Gasteiger partial charge in [-0.15, -0.1) is 11.8 Å². The van der Waals surface area contributed by atoms with Crippen LogP contribution in [0.2, 0.25) is 0 Å². The lowest BCUT2D eigenvalue weighted by atomic mass is 10.0. The summed E-state index contributed by atoms with van der Waals surface area (Å²) in [6.07, 6.45) is -0.379. The van der Waals surface area contributed by atoms with Gasteiger partial charge < -0.3 is 20.7 Å². The second-order valence-electron chi connectivity index (χ2n) is 6.36. The van der Waals surface area contributed by atoms with Gasteiger partial charge in [-0.1, -0.05) is 0 Å². The number of thioether (sulfide) groups is 1. The number of nitrogens with one attached hydrogen (secondary N) is 1. The van der Waals surface area contributed by atoms with Crippen LogP contribution in [-0.2, 0) is 25.5 Å². The Morgan fingerprint density at radius 3 is 2.66 bits per heavy atom. The van der Waals surface area contributed by atoms with E-state index in [1.807, 2.05) is 0 Å². The summed E-state index contributed by atoms with van der Waals surface area (Å²) in [5.41, 5.74) is 5.75. The Labute approximate surface area is 170 Å². The van der Waals surface area contributed by atoms with Crippen LogP contribution < -0.4 is 11.1 Å². The van der Waals surface area contributed by atoms with E-state index < -0.39 is 46.7 Å². The van der Waals surface area contributed by atoms with E-state index in [1.165, 1.54) is 16.7 Å². The van der Waals surface area contributed by atoms with Crippen molar-refractivity contribution in [3.05, 3.63) is 35.1 Å². The summed E-state index contributed by atoms with van der Waals surface area (Å²) >= 11 is 1.24. The topological polar surface area (TPSA) is 102 Å². The molecule has 1 aromatic carbocycles. The van der Waals surface area contributed by atoms with Crippen molar-refractivity contribution in [3.8, 4) is 0 Å². The molecule has 1 unspecified atom stereocenters. The summed E-state index contributed by atoms with van der Waals surface area (Å²) in [5, 5.41) is 1.60. The molecule has 1 aliphatic rings. The van der Waals surface area contributed by atoms with E-state index in [9.17, 15) is 27.6 Å². The second-order valence-corrected chi connectivity index (χ2v) is 7.55. The van der Waals surface area contributed by atoms with Gasteiger partial charge in [0.15, 0.2) is 17.0 Å². The molecular formula is C18H22F3N3O4S. The van der Waals surface area contributed by atoms with Gasteiger partial charge in [-0.2, -0.15) is 0 Å². The first-order valence-electron chi connectivity index (χ1n) is 8.96. The van der Waals surface area contributed by atoms with Crippen molar-refractivity contribution in [1.82, 2.24) is 10.2 Å². The number of hydrogen-bond donors (Lipinski definition) is 2. The molecule has 0 bridgehead atoms. The monoisotopic (exact) mass is 433 g/mol.